The van der Waals surface area contributed by atoms with Crippen LogP contribution >= 0.6 is 0 Å². The van der Waals surface area contributed by atoms with Gasteiger partial charge in [-0.15, -0.1) is 0 Å². The van der Waals surface area contributed by atoms with E-state index < -0.39 is 18.1 Å². The normalized spacial score (nSPS) is 20.9. The molecule has 0 radical (unpaired) electrons. The van der Waals surface area contributed by atoms with E-state index >= 15 is 0 Å². The Balaban J connectivity index is 1.90. The minimum Gasteiger partial charge on any atom is -0.449 e. The third-order valence-corrected chi connectivity index (χ3v) is 3.91. The van der Waals surface area contributed by atoms with Gasteiger partial charge >= 0.3 is 5.97 Å². The van der Waals surface area contributed by atoms with Gasteiger partial charge in [0, 0.05) is 23.6 Å². The highest BCUT2D eigenvalue weighted by Crippen LogP contribution is 2.45. The van der Waals surface area contributed by atoms with Gasteiger partial charge in [-0.2, -0.15) is 0 Å². The Morgan fingerprint density at radius 3 is 2.79 bits per heavy atom. The number of hydrogen-bond donors (Lipinski definition) is 1. The average molecular weight is 325 g/mol. The van der Waals surface area contributed by atoms with Gasteiger partial charge in [0.05, 0.1) is 11.3 Å². The maximum absolute atomic E-state index is 13.4. The van der Waals surface area contributed by atoms with Gasteiger partial charge in [-0.1, -0.05) is 24.3 Å². The van der Waals surface area contributed by atoms with Gasteiger partial charge in [-0.3, -0.25) is 9.59 Å². The Kier molecular flexibility index (Phi) is 3.13. The van der Waals surface area contributed by atoms with Crippen LogP contribution in [0.25, 0.3) is 11.3 Å². The fourth-order valence-electron chi connectivity index (χ4n) is 2.95. The van der Waals surface area contributed by atoms with Crippen LogP contribution in [0.15, 0.2) is 42.5 Å². The van der Waals surface area contributed by atoms with E-state index in [-0.39, 0.29) is 5.91 Å². The number of halogens is 1. The number of rotatable bonds is 1. The molecule has 4 rings (SSSR count). The molecule has 5 nitrogen and oxygen atoms in total. The summed E-state index contributed by atoms with van der Waals surface area (Å²) in [5.74, 6) is -0.992. The molecule has 2 aromatic rings. The zero-order chi connectivity index (χ0) is 16.8. The molecule has 24 heavy (non-hydrogen) atoms. The summed E-state index contributed by atoms with van der Waals surface area (Å²) < 4.78 is 24.3. The standard InChI is InChI=1S/C18H12FNO4/c1-9(21)23-18-12-5-3-2-4-11(12)16(24-18)15-13-7-6-10(19)8-14(13)20-17(15)22/h2-8,18H,1H3,(H,20,22)/b16-15+. The van der Waals surface area contributed by atoms with E-state index in [1.165, 1.54) is 25.1 Å². The number of carbonyl (C=O) groups excluding carboxylic acids is 2. The minimum atomic E-state index is -0.904. The summed E-state index contributed by atoms with van der Waals surface area (Å²) in [6.07, 6.45) is -0.904. The van der Waals surface area contributed by atoms with Crippen molar-refractivity contribution in [3.8, 4) is 0 Å². The zero-order valence-electron chi connectivity index (χ0n) is 12.6. The molecule has 0 aromatic heterocycles. The predicted molar refractivity (Wildman–Crippen MR) is 83.9 cm³/mol. The molecule has 2 aliphatic rings. The second-order valence-electron chi connectivity index (χ2n) is 5.49. The molecule has 0 fully saturated rings. The lowest BCUT2D eigenvalue weighted by Gasteiger charge is -2.12. The van der Waals surface area contributed by atoms with Crippen molar-refractivity contribution in [1.82, 2.24) is 0 Å². The smallest absolute Gasteiger partial charge is 0.305 e. The summed E-state index contributed by atoms with van der Waals surface area (Å²) in [5, 5.41) is 2.63. The maximum atomic E-state index is 13.4. The molecule has 0 spiro atoms. The summed E-state index contributed by atoms with van der Waals surface area (Å²) in [6.45, 7) is 1.29. The Morgan fingerprint density at radius 1 is 1.21 bits per heavy atom. The quantitative estimate of drug-likeness (QED) is 0.646. The second-order valence-corrected chi connectivity index (χ2v) is 5.49. The number of ether oxygens (including phenoxy) is 2. The van der Waals surface area contributed by atoms with E-state index in [2.05, 4.69) is 5.32 Å². The van der Waals surface area contributed by atoms with Crippen molar-refractivity contribution in [2.45, 2.75) is 13.2 Å². The summed E-state index contributed by atoms with van der Waals surface area (Å²) in [7, 11) is 0. The monoisotopic (exact) mass is 325 g/mol. The number of esters is 1. The Bertz CT molecular complexity index is 919. The van der Waals surface area contributed by atoms with Crippen LogP contribution in [-0.2, 0) is 19.1 Å². The van der Waals surface area contributed by atoms with Crippen LogP contribution in [0.2, 0.25) is 0 Å². The lowest BCUT2D eigenvalue weighted by atomic mass is 10.0. The van der Waals surface area contributed by atoms with Gasteiger partial charge in [0.2, 0.25) is 0 Å². The van der Waals surface area contributed by atoms with Crippen molar-refractivity contribution in [2.24, 2.45) is 0 Å². The SMILES string of the molecule is CC(=O)OC1O/C(=C2/C(=O)Nc3cc(F)ccc32)c2ccccc21. The first-order valence-electron chi connectivity index (χ1n) is 7.33. The molecule has 120 valence electrons. The number of amides is 1. The number of hydrogen-bond acceptors (Lipinski definition) is 4. The summed E-state index contributed by atoms with van der Waals surface area (Å²) >= 11 is 0. The number of benzene rings is 2. The highest BCUT2D eigenvalue weighted by molar-refractivity contribution is 6.36. The summed E-state index contributed by atoms with van der Waals surface area (Å²) in [6, 6.07) is 11.2. The fourth-order valence-corrected chi connectivity index (χ4v) is 2.95. The predicted octanol–water partition coefficient (Wildman–Crippen LogP) is 3.24. The molecule has 1 amide bonds. The van der Waals surface area contributed by atoms with Gasteiger partial charge < -0.3 is 14.8 Å². The summed E-state index contributed by atoms with van der Waals surface area (Å²) in [5.41, 5.74) is 2.57. The number of nitrogens with one attached hydrogen (secondary N) is 1. The first kappa shape index (κ1) is 14.4. The lowest BCUT2D eigenvalue weighted by molar-refractivity contribution is -0.163. The highest BCUT2D eigenvalue weighted by Gasteiger charge is 2.37. The third kappa shape index (κ3) is 2.15. The highest BCUT2D eigenvalue weighted by atomic mass is 19.1. The second kappa shape index (κ2) is 5.19. The van der Waals surface area contributed by atoms with Crippen LogP contribution in [0, 0.1) is 5.82 Å². The van der Waals surface area contributed by atoms with Gasteiger partial charge in [-0.05, 0) is 18.2 Å². The van der Waals surface area contributed by atoms with Crippen molar-refractivity contribution in [1.29, 1.82) is 0 Å². The van der Waals surface area contributed by atoms with Gasteiger partial charge in [0.25, 0.3) is 12.2 Å². The Hall–Kier alpha value is -3.15. The van der Waals surface area contributed by atoms with Crippen molar-refractivity contribution < 1.29 is 23.5 Å². The molecule has 1 unspecified atom stereocenters. The van der Waals surface area contributed by atoms with Crippen LogP contribution in [0.5, 0.6) is 0 Å². The van der Waals surface area contributed by atoms with Crippen LogP contribution in [0.1, 0.15) is 29.9 Å². The molecule has 6 heteroatoms. The molecular weight excluding hydrogens is 313 g/mol. The van der Waals surface area contributed by atoms with E-state index in [4.69, 9.17) is 9.47 Å². The molecule has 2 aliphatic heterocycles. The number of carbonyl (C=O) groups is 2. The largest absolute Gasteiger partial charge is 0.449 e. The average Bonchev–Trinajstić information content (AvgIpc) is 3.04. The fraction of sp³-hybridized carbons (Fsp3) is 0.111. The van der Waals surface area contributed by atoms with Crippen LogP contribution < -0.4 is 5.32 Å². The first-order valence-corrected chi connectivity index (χ1v) is 7.33. The molecule has 0 saturated heterocycles. The van der Waals surface area contributed by atoms with Crippen LogP contribution in [-0.4, -0.2) is 11.9 Å². The van der Waals surface area contributed by atoms with E-state index in [9.17, 15) is 14.0 Å². The number of fused-ring (bicyclic) bond motifs is 2. The van der Waals surface area contributed by atoms with E-state index in [1.54, 1.807) is 24.3 Å². The molecule has 2 heterocycles. The molecule has 1 N–H and O–H groups in total. The molecule has 2 aromatic carbocycles. The van der Waals surface area contributed by atoms with Gasteiger partial charge in [0.1, 0.15) is 11.6 Å². The molecule has 1 atom stereocenters. The van der Waals surface area contributed by atoms with Crippen molar-refractivity contribution in [2.75, 3.05) is 5.32 Å². The Labute approximate surface area is 136 Å². The summed E-state index contributed by atoms with van der Waals surface area (Å²) in [4.78, 5) is 23.7. The van der Waals surface area contributed by atoms with Crippen LogP contribution in [0.3, 0.4) is 0 Å². The van der Waals surface area contributed by atoms with E-state index in [1.807, 2.05) is 0 Å². The van der Waals surface area contributed by atoms with Crippen LogP contribution in [0.4, 0.5) is 10.1 Å². The topological polar surface area (TPSA) is 64.6 Å². The van der Waals surface area contributed by atoms with Crippen molar-refractivity contribution in [3.63, 3.8) is 0 Å². The van der Waals surface area contributed by atoms with Crippen molar-refractivity contribution in [3.05, 3.63) is 65.0 Å². The Morgan fingerprint density at radius 2 is 2.00 bits per heavy atom. The number of anilines is 1. The maximum Gasteiger partial charge on any atom is 0.305 e. The molecule has 0 aliphatic carbocycles. The molecule has 0 saturated carbocycles. The van der Waals surface area contributed by atoms with Gasteiger partial charge in [0.15, 0.2) is 0 Å². The van der Waals surface area contributed by atoms with Crippen molar-refractivity contribution >= 4 is 28.9 Å². The van der Waals surface area contributed by atoms with E-state index in [0.717, 1.165) is 0 Å². The lowest BCUT2D eigenvalue weighted by Crippen LogP contribution is -2.08. The minimum absolute atomic E-state index is 0.298. The van der Waals surface area contributed by atoms with Gasteiger partial charge in [-0.25, -0.2) is 4.39 Å². The molecule has 0 bridgehead atoms. The van der Waals surface area contributed by atoms with E-state index in [0.29, 0.717) is 33.7 Å². The third-order valence-electron chi connectivity index (χ3n) is 3.91. The molecular formula is C18H12FNO4. The first-order chi connectivity index (χ1) is 11.5. The zero-order valence-corrected chi connectivity index (χ0v) is 12.6.